The molecule has 0 aliphatic carbocycles. The first-order chi connectivity index (χ1) is 9.08. The van der Waals surface area contributed by atoms with E-state index in [4.69, 9.17) is 4.74 Å². The van der Waals surface area contributed by atoms with Crippen LogP contribution in [-0.4, -0.2) is 62.6 Å². The molecule has 19 heavy (non-hydrogen) atoms. The van der Waals surface area contributed by atoms with E-state index in [-0.39, 0.29) is 6.10 Å². The maximum Gasteiger partial charge on any atom is 0.0524 e. The molecule has 1 fully saturated rings. The van der Waals surface area contributed by atoms with Crippen LogP contribution in [-0.2, 0) is 4.74 Å². The Bertz CT molecular complexity index is 228. The van der Waals surface area contributed by atoms with Crippen LogP contribution >= 0.6 is 0 Å². The van der Waals surface area contributed by atoms with Gasteiger partial charge >= 0.3 is 0 Å². The SMILES string of the molecule is CCCNCC1(CN(C)CCC(C)O)CCOCC1. The van der Waals surface area contributed by atoms with Crippen molar-refractivity contribution in [2.45, 2.75) is 45.6 Å². The predicted molar refractivity (Wildman–Crippen MR) is 79.4 cm³/mol. The summed E-state index contributed by atoms with van der Waals surface area (Å²) in [6, 6.07) is 0. The van der Waals surface area contributed by atoms with Gasteiger partial charge in [-0.25, -0.2) is 0 Å². The Kier molecular flexibility index (Phi) is 7.91. The third-order valence-electron chi connectivity index (χ3n) is 4.01. The standard InChI is InChI=1S/C15H32N2O2/c1-4-8-16-12-15(6-10-19-11-7-15)13-17(3)9-5-14(2)18/h14,16,18H,4-13H2,1-3H3. The van der Waals surface area contributed by atoms with Gasteiger partial charge in [-0.3, -0.25) is 0 Å². The first-order valence-corrected chi connectivity index (χ1v) is 7.73. The zero-order chi connectivity index (χ0) is 14.1. The Morgan fingerprint density at radius 2 is 2.05 bits per heavy atom. The van der Waals surface area contributed by atoms with Crippen molar-refractivity contribution >= 4 is 0 Å². The lowest BCUT2D eigenvalue weighted by Gasteiger charge is -2.40. The minimum Gasteiger partial charge on any atom is -0.393 e. The van der Waals surface area contributed by atoms with Crippen molar-refractivity contribution in [3.8, 4) is 0 Å². The van der Waals surface area contributed by atoms with E-state index in [1.54, 1.807) is 0 Å². The fourth-order valence-electron chi connectivity index (χ4n) is 2.78. The molecule has 1 atom stereocenters. The van der Waals surface area contributed by atoms with Crippen LogP contribution in [0.15, 0.2) is 0 Å². The van der Waals surface area contributed by atoms with Crippen molar-refractivity contribution in [2.75, 3.05) is 46.4 Å². The van der Waals surface area contributed by atoms with Crippen molar-refractivity contribution in [1.29, 1.82) is 0 Å². The van der Waals surface area contributed by atoms with Crippen LogP contribution in [0.25, 0.3) is 0 Å². The van der Waals surface area contributed by atoms with Gasteiger partial charge in [0.2, 0.25) is 0 Å². The summed E-state index contributed by atoms with van der Waals surface area (Å²) in [5.41, 5.74) is 0.348. The van der Waals surface area contributed by atoms with Gasteiger partial charge in [0.15, 0.2) is 0 Å². The lowest BCUT2D eigenvalue weighted by atomic mass is 9.79. The van der Waals surface area contributed by atoms with Crippen LogP contribution in [0.5, 0.6) is 0 Å². The molecule has 1 aliphatic heterocycles. The van der Waals surface area contributed by atoms with E-state index in [0.717, 1.165) is 58.7 Å². The Labute approximate surface area is 118 Å². The number of hydrogen-bond donors (Lipinski definition) is 2. The fraction of sp³-hybridized carbons (Fsp3) is 1.00. The average Bonchev–Trinajstić information content (AvgIpc) is 2.38. The molecule has 4 nitrogen and oxygen atoms in total. The van der Waals surface area contributed by atoms with Crippen molar-refractivity contribution in [3.63, 3.8) is 0 Å². The number of ether oxygens (including phenoxy) is 1. The van der Waals surface area contributed by atoms with E-state index in [0.29, 0.717) is 5.41 Å². The first-order valence-electron chi connectivity index (χ1n) is 7.73. The normalized spacial score (nSPS) is 20.7. The van der Waals surface area contributed by atoms with Crippen LogP contribution in [0.1, 0.15) is 39.5 Å². The molecule has 114 valence electrons. The summed E-state index contributed by atoms with van der Waals surface area (Å²) in [6.07, 6.45) is 4.12. The van der Waals surface area contributed by atoms with Crippen LogP contribution in [0, 0.1) is 5.41 Å². The van der Waals surface area contributed by atoms with Gasteiger partial charge in [-0.2, -0.15) is 0 Å². The monoisotopic (exact) mass is 272 g/mol. The summed E-state index contributed by atoms with van der Waals surface area (Å²) in [7, 11) is 2.17. The third kappa shape index (κ3) is 6.70. The Morgan fingerprint density at radius 1 is 1.37 bits per heavy atom. The van der Waals surface area contributed by atoms with E-state index in [2.05, 4.69) is 24.2 Å². The molecular weight excluding hydrogens is 240 g/mol. The highest BCUT2D eigenvalue weighted by Crippen LogP contribution is 2.30. The van der Waals surface area contributed by atoms with Crippen molar-refractivity contribution in [2.24, 2.45) is 5.41 Å². The number of nitrogens with one attached hydrogen (secondary N) is 1. The molecule has 0 bridgehead atoms. The van der Waals surface area contributed by atoms with Gasteiger partial charge in [-0.15, -0.1) is 0 Å². The highest BCUT2D eigenvalue weighted by Gasteiger charge is 2.33. The third-order valence-corrected chi connectivity index (χ3v) is 4.01. The zero-order valence-electron chi connectivity index (χ0n) is 13.0. The largest absolute Gasteiger partial charge is 0.393 e. The second-order valence-corrected chi connectivity index (χ2v) is 6.16. The van der Waals surface area contributed by atoms with Crippen LogP contribution in [0.2, 0.25) is 0 Å². The maximum absolute atomic E-state index is 9.39. The van der Waals surface area contributed by atoms with Crippen LogP contribution in [0.3, 0.4) is 0 Å². The second kappa shape index (κ2) is 8.90. The molecular formula is C15H32N2O2. The molecule has 2 N–H and O–H groups in total. The number of nitrogens with zero attached hydrogens (tertiary/aromatic N) is 1. The zero-order valence-corrected chi connectivity index (χ0v) is 13.0. The fourth-order valence-corrected chi connectivity index (χ4v) is 2.78. The quantitative estimate of drug-likeness (QED) is 0.624. The smallest absolute Gasteiger partial charge is 0.0524 e. The lowest BCUT2D eigenvalue weighted by molar-refractivity contribution is -0.00191. The molecule has 1 heterocycles. The van der Waals surface area contributed by atoms with Gasteiger partial charge in [-0.1, -0.05) is 6.92 Å². The molecule has 0 amide bonds. The Balaban J connectivity index is 2.43. The molecule has 0 spiro atoms. The van der Waals surface area contributed by atoms with E-state index in [9.17, 15) is 5.11 Å². The lowest BCUT2D eigenvalue weighted by Crippen LogP contribution is -2.47. The van der Waals surface area contributed by atoms with Gasteiger partial charge < -0.3 is 20.1 Å². The second-order valence-electron chi connectivity index (χ2n) is 6.16. The highest BCUT2D eigenvalue weighted by molar-refractivity contribution is 4.86. The number of aliphatic hydroxyl groups excluding tert-OH is 1. The van der Waals surface area contributed by atoms with Crippen LogP contribution < -0.4 is 5.32 Å². The molecule has 1 aliphatic rings. The highest BCUT2D eigenvalue weighted by atomic mass is 16.5. The van der Waals surface area contributed by atoms with Gasteiger partial charge in [0.05, 0.1) is 6.10 Å². The number of aliphatic hydroxyl groups is 1. The Hall–Kier alpha value is -0.160. The molecule has 1 saturated heterocycles. The summed E-state index contributed by atoms with van der Waals surface area (Å²) in [6.45, 7) is 10.1. The summed E-state index contributed by atoms with van der Waals surface area (Å²) >= 11 is 0. The van der Waals surface area contributed by atoms with Gasteiger partial charge in [0, 0.05) is 32.8 Å². The van der Waals surface area contributed by atoms with Gasteiger partial charge in [-0.05, 0) is 51.6 Å². The predicted octanol–water partition coefficient (Wildman–Crippen LogP) is 1.49. The van der Waals surface area contributed by atoms with E-state index >= 15 is 0 Å². The van der Waals surface area contributed by atoms with E-state index in [1.807, 2.05) is 6.92 Å². The average molecular weight is 272 g/mol. The molecule has 0 aromatic rings. The van der Waals surface area contributed by atoms with E-state index in [1.165, 1.54) is 6.42 Å². The van der Waals surface area contributed by atoms with Crippen molar-refractivity contribution in [1.82, 2.24) is 10.2 Å². The number of rotatable bonds is 9. The van der Waals surface area contributed by atoms with Crippen molar-refractivity contribution < 1.29 is 9.84 Å². The molecule has 4 heteroatoms. The molecule has 0 saturated carbocycles. The van der Waals surface area contributed by atoms with E-state index < -0.39 is 0 Å². The Morgan fingerprint density at radius 3 is 2.63 bits per heavy atom. The van der Waals surface area contributed by atoms with Gasteiger partial charge in [0.1, 0.15) is 0 Å². The maximum atomic E-state index is 9.39. The molecule has 0 radical (unpaired) electrons. The minimum absolute atomic E-state index is 0.202. The molecule has 0 aromatic heterocycles. The first kappa shape index (κ1) is 16.9. The van der Waals surface area contributed by atoms with Crippen LogP contribution in [0.4, 0.5) is 0 Å². The molecule has 1 rings (SSSR count). The van der Waals surface area contributed by atoms with Gasteiger partial charge in [0.25, 0.3) is 0 Å². The summed E-state index contributed by atoms with van der Waals surface area (Å²) < 4.78 is 5.52. The topological polar surface area (TPSA) is 44.7 Å². The molecule has 1 unspecified atom stereocenters. The van der Waals surface area contributed by atoms with Crippen molar-refractivity contribution in [3.05, 3.63) is 0 Å². The summed E-state index contributed by atoms with van der Waals surface area (Å²) in [5, 5.41) is 13.0. The molecule has 0 aromatic carbocycles. The summed E-state index contributed by atoms with van der Waals surface area (Å²) in [4.78, 5) is 2.37. The number of hydrogen-bond acceptors (Lipinski definition) is 4. The minimum atomic E-state index is -0.202. The summed E-state index contributed by atoms with van der Waals surface area (Å²) in [5.74, 6) is 0.